The summed E-state index contributed by atoms with van der Waals surface area (Å²) >= 11 is 0. The van der Waals surface area contributed by atoms with Crippen LogP contribution in [0.1, 0.15) is 25.5 Å². The molecule has 2 heterocycles. The van der Waals surface area contributed by atoms with E-state index in [1.54, 1.807) is 12.3 Å². The Morgan fingerprint density at radius 1 is 1.00 bits per heavy atom. The van der Waals surface area contributed by atoms with Crippen LogP contribution in [-0.2, 0) is 6.42 Å². The van der Waals surface area contributed by atoms with Gasteiger partial charge in [0.2, 0.25) is 5.56 Å². The maximum atomic E-state index is 11.6. The van der Waals surface area contributed by atoms with Gasteiger partial charge in [0.15, 0.2) is 0 Å². The molecule has 0 radical (unpaired) electrons. The van der Waals surface area contributed by atoms with Crippen molar-refractivity contribution in [1.29, 1.82) is 0 Å². The second-order valence-electron chi connectivity index (χ2n) is 5.49. The molecule has 0 saturated carbocycles. The minimum absolute atomic E-state index is 0.0761. The Bertz CT molecular complexity index is 800. The van der Waals surface area contributed by atoms with Crippen molar-refractivity contribution in [3.05, 3.63) is 70.8 Å². The van der Waals surface area contributed by atoms with Crippen molar-refractivity contribution in [2.75, 3.05) is 0 Å². The highest BCUT2D eigenvalue weighted by Crippen LogP contribution is 2.32. The Balaban J connectivity index is 2.10. The molecule has 0 aliphatic carbocycles. The topological polar surface area (TPSA) is 48.6 Å². The monoisotopic (exact) mass is 292 g/mol. The first-order valence-corrected chi connectivity index (χ1v) is 7.74. The number of hydrogen-bond donors (Lipinski definition) is 2. The van der Waals surface area contributed by atoms with Crippen LogP contribution in [0.3, 0.4) is 0 Å². The molecule has 1 aromatic carbocycles. The van der Waals surface area contributed by atoms with E-state index in [-0.39, 0.29) is 5.56 Å². The average molecular weight is 292 g/mol. The van der Waals surface area contributed by atoms with Gasteiger partial charge in [-0.2, -0.15) is 0 Å². The molecule has 0 atom stereocenters. The van der Waals surface area contributed by atoms with Crippen LogP contribution in [0.5, 0.6) is 0 Å². The maximum Gasteiger partial charge on any atom is 0.248 e. The lowest BCUT2D eigenvalue weighted by Crippen LogP contribution is -2.02. The van der Waals surface area contributed by atoms with Crippen LogP contribution in [0, 0.1) is 0 Å². The third kappa shape index (κ3) is 3.03. The summed E-state index contributed by atoms with van der Waals surface area (Å²) in [4.78, 5) is 17.8. The number of nitrogens with one attached hydrogen (secondary N) is 2. The summed E-state index contributed by atoms with van der Waals surface area (Å²) < 4.78 is 0. The number of aromatic amines is 2. The van der Waals surface area contributed by atoms with Crippen LogP contribution in [0.25, 0.3) is 22.4 Å². The van der Waals surface area contributed by atoms with Crippen molar-refractivity contribution < 1.29 is 0 Å². The van der Waals surface area contributed by atoms with Gasteiger partial charge in [0.25, 0.3) is 0 Å². The summed E-state index contributed by atoms with van der Waals surface area (Å²) in [6.45, 7) is 2.19. The first-order chi connectivity index (χ1) is 10.8. The predicted molar refractivity (Wildman–Crippen MR) is 90.9 cm³/mol. The molecule has 0 bridgehead atoms. The lowest BCUT2D eigenvalue weighted by Gasteiger charge is -2.04. The van der Waals surface area contributed by atoms with Gasteiger partial charge in [-0.15, -0.1) is 0 Å². The van der Waals surface area contributed by atoms with E-state index in [0.717, 1.165) is 35.2 Å². The van der Waals surface area contributed by atoms with Crippen LogP contribution >= 0.6 is 0 Å². The van der Waals surface area contributed by atoms with Gasteiger partial charge in [0, 0.05) is 23.5 Å². The van der Waals surface area contributed by atoms with Gasteiger partial charge in [-0.25, -0.2) is 0 Å². The highest BCUT2D eigenvalue weighted by atomic mass is 16.1. The van der Waals surface area contributed by atoms with Crippen molar-refractivity contribution in [2.45, 2.75) is 26.2 Å². The zero-order valence-electron chi connectivity index (χ0n) is 12.7. The molecule has 3 heteroatoms. The normalized spacial score (nSPS) is 10.8. The molecule has 0 amide bonds. The molecular formula is C19H20N2O. The molecule has 22 heavy (non-hydrogen) atoms. The maximum absolute atomic E-state index is 11.6. The number of aryl methyl sites for hydroxylation is 1. The van der Waals surface area contributed by atoms with Crippen molar-refractivity contribution in [3.8, 4) is 22.4 Å². The summed E-state index contributed by atoms with van der Waals surface area (Å²) in [5, 5.41) is 0. The van der Waals surface area contributed by atoms with Crippen LogP contribution in [-0.4, -0.2) is 9.97 Å². The number of pyridine rings is 1. The molecule has 0 saturated heterocycles. The van der Waals surface area contributed by atoms with E-state index in [1.807, 2.05) is 24.3 Å². The fourth-order valence-corrected chi connectivity index (χ4v) is 2.68. The second kappa shape index (κ2) is 6.48. The molecule has 112 valence electrons. The molecule has 3 nitrogen and oxygen atoms in total. The standard InChI is InChI=1S/C19H20N2O/c1-2-3-9-16-13-17(15-10-11-20-18(22)12-15)19(21-16)14-7-5-4-6-8-14/h4-8,10-13,21H,2-3,9H2,1H3,(H,20,22). The Kier molecular flexibility index (Phi) is 4.24. The van der Waals surface area contributed by atoms with E-state index >= 15 is 0 Å². The third-order valence-corrected chi connectivity index (χ3v) is 3.82. The molecule has 0 spiro atoms. The minimum atomic E-state index is -0.0761. The van der Waals surface area contributed by atoms with Gasteiger partial charge >= 0.3 is 0 Å². The largest absolute Gasteiger partial charge is 0.358 e. The Hall–Kier alpha value is -2.55. The zero-order chi connectivity index (χ0) is 15.4. The van der Waals surface area contributed by atoms with E-state index in [1.165, 1.54) is 12.1 Å². The van der Waals surface area contributed by atoms with Crippen LogP contribution < -0.4 is 5.56 Å². The van der Waals surface area contributed by atoms with Crippen molar-refractivity contribution in [2.24, 2.45) is 0 Å². The Morgan fingerprint density at radius 3 is 2.55 bits per heavy atom. The smallest absolute Gasteiger partial charge is 0.248 e. The van der Waals surface area contributed by atoms with Crippen LogP contribution in [0.2, 0.25) is 0 Å². The predicted octanol–water partition coefficient (Wildman–Crippen LogP) is 4.38. The van der Waals surface area contributed by atoms with Gasteiger partial charge in [-0.3, -0.25) is 4.79 Å². The molecule has 0 unspecified atom stereocenters. The molecule has 2 N–H and O–H groups in total. The summed E-state index contributed by atoms with van der Waals surface area (Å²) in [6.07, 6.45) is 5.05. The Morgan fingerprint density at radius 2 is 1.82 bits per heavy atom. The summed E-state index contributed by atoms with van der Waals surface area (Å²) in [5.74, 6) is 0. The summed E-state index contributed by atoms with van der Waals surface area (Å²) in [7, 11) is 0. The number of hydrogen-bond acceptors (Lipinski definition) is 1. The van der Waals surface area contributed by atoms with E-state index in [0.29, 0.717) is 0 Å². The summed E-state index contributed by atoms with van der Waals surface area (Å²) in [6, 6.07) is 16.0. The number of rotatable bonds is 5. The fourth-order valence-electron chi connectivity index (χ4n) is 2.68. The van der Waals surface area contributed by atoms with Gasteiger partial charge in [0.05, 0.1) is 5.69 Å². The summed E-state index contributed by atoms with van der Waals surface area (Å²) in [5.41, 5.74) is 5.40. The lowest BCUT2D eigenvalue weighted by atomic mass is 10.0. The van der Waals surface area contributed by atoms with E-state index in [4.69, 9.17) is 0 Å². The van der Waals surface area contributed by atoms with Gasteiger partial charge in [0.1, 0.15) is 0 Å². The molecular weight excluding hydrogens is 272 g/mol. The second-order valence-corrected chi connectivity index (χ2v) is 5.49. The van der Waals surface area contributed by atoms with Crippen molar-refractivity contribution in [3.63, 3.8) is 0 Å². The van der Waals surface area contributed by atoms with Crippen LogP contribution in [0.4, 0.5) is 0 Å². The molecule has 0 aliphatic heterocycles. The number of unbranched alkanes of at least 4 members (excludes halogenated alkanes) is 1. The van der Waals surface area contributed by atoms with Gasteiger partial charge in [-0.05, 0) is 36.1 Å². The highest BCUT2D eigenvalue weighted by molar-refractivity contribution is 5.81. The number of H-pyrrole nitrogens is 2. The molecule has 3 aromatic rings. The molecule has 2 aromatic heterocycles. The van der Waals surface area contributed by atoms with Crippen LogP contribution in [0.15, 0.2) is 59.5 Å². The van der Waals surface area contributed by atoms with Gasteiger partial charge < -0.3 is 9.97 Å². The quantitative estimate of drug-likeness (QED) is 0.720. The number of benzene rings is 1. The first-order valence-electron chi connectivity index (χ1n) is 7.74. The Labute approximate surface area is 130 Å². The fraction of sp³-hybridized carbons (Fsp3) is 0.211. The molecule has 0 aliphatic rings. The SMILES string of the molecule is CCCCc1cc(-c2cc[nH]c(=O)c2)c(-c2ccccc2)[nH]1. The van der Waals surface area contributed by atoms with E-state index in [9.17, 15) is 4.79 Å². The van der Waals surface area contributed by atoms with Crippen molar-refractivity contribution >= 4 is 0 Å². The number of aromatic nitrogens is 2. The first kappa shape index (κ1) is 14.4. The highest BCUT2D eigenvalue weighted by Gasteiger charge is 2.12. The third-order valence-electron chi connectivity index (χ3n) is 3.82. The molecule has 0 fully saturated rings. The lowest BCUT2D eigenvalue weighted by molar-refractivity contribution is 0.781. The average Bonchev–Trinajstić information content (AvgIpc) is 2.98. The van der Waals surface area contributed by atoms with E-state index in [2.05, 4.69) is 35.1 Å². The van der Waals surface area contributed by atoms with Gasteiger partial charge in [-0.1, -0.05) is 43.7 Å². The van der Waals surface area contributed by atoms with Crippen molar-refractivity contribution in [1.82, 2.24) is 9.97 Å². The zero-order valence-corrected chi connectivity index (χ0v) is 12.7. The minimum Gasteiger partial charge on any atom is -0.358 e. The molecule has 3 rings (SSSR count). The van der Waals surface area contributed by atoms with E-state index < -0.39 is 0 Å².